The molecule has 0 radical (unpaired) electrons. The topological polar surface area (TPSA) is 84.0 Å². The highest BCUT2D eigenvalue weighted by Gasteiger charge is 2.10. The molecule has 0 aliphatic carbocycles. The maximum atomic E-state index is 11.1. The SMILES string of the molecule is CC(C)CC(C)Nc1cc2[nH]c(=O)oc2cc1N. The second-order valence-electron chi connectivity index (χ2n) is 5.13. The van der Waals surface area contributed by atoms with E-state index in [4.69, 9.17) is 10.2 Å². The molecule has 98 valence electrons. The lowest BCUT2D eigenvalue weighted by molar-refractivity contribution is 0.540. The normalized spacial score (nSPS) is 13.1. The molecule has 5 nitrogen and oxygen atoms in total. The van der Waals surface area contributed by atoms with Crippen LogP contribution in [0, 0.1) is 5.92 Å². The van der Waals surface area contributed by atoms with E-state index >= 15 is 0 Å². The predicted octanol–water partition coefficient (Wildman–Crippen LogP) is 2.55. The maximum absolute atomic E-state index is 11.1. The second-order valence-corrected chi connectivity index (χ2v) is 5.13. The molecule has 0 spiro atoms. The number of aromatic nitrogens is 1. The van der Waals surface area contributed by atoms with Gasteiger partial charge in [0.1, 0.15) is 0 Å². The molecule has 1 unspecified atom stereocenters. The van der Waals surface area contributed by atoms with Crippen LogP contribution in [0.3, 0.4) is 0 Å². The highest BCUT2D eigenvalue weighted by atomic mass is 16.4. The summed E-state index contributed by atoms with van der Waals surface area (Å²) in [5, 5.41) is 3.35. The van der Waals surface area contributed by atoms with Crippen LogP contribution in [0.1, 0.15) is 27.2 Å². The van der Waals surface area contributed by atoms with Crippen molar-refractivity contribution in [3.8, 4) is 0 Å². The van der Waals surface area contributed by atoms with E-state index < -0.39 is 5.76 Å². The first-order valence-electron chi connectivity index (χ1n) is 6.14. The van der Waals surface area contributed by atoms with Crippen LogP contribution < -0.4 is 16.8 Å². The van der Waals surface area contributed by atoms with Gasteiger partial charge in [0.2, 0.25) is 0 Å². The summed E-state index contributed by atoms with van der Waals surface area (Å²) in [7, 11) is 0. The molecule has 1 aromatic carbocycles. The summed E-state index contributed by atoms with van der Waals surface area (Å²) < 4.78 is 4.95. The second kappa shape index (κ2) is 4.76. The fraction of sp³-hybridized carbons (Fsp3) is 0.462. The van der Waals surface area contributed by atoms with Gasteiger partial charge in [0, 0.05) is 12.1 Å². The van der Waals surface area contributed by atoms with Gasteiger partial charge in [-0.2, -0.15) is 0 Å². The van der Waals surface area contributed by atoms with Crippen molar-refractivity contribution in [3.05, 3.63) is 22.7 Å². The first-order valence-corrected chi connectivity index (χ1v) is 6.14. The Kier molecular flexibility index (Phi) is 3.32. The van der Waals surface area contributed by atoms with E-state index in [1.54, 1.807) is 6.07 Å². The fourth-order valence-corrected chi connectivity index (χ4v) is 2.17. The molecule has 0 aliphatic heterocycles. The Morgan fingerprint density at radius 1 is 1.39 bits per heavy atom. The number of rotatable bonds is 4. The molecule has 5 heteroatoms. The van der Waals surface area contributed by atoms with Crippen LogP contribution in [0.15, 0.2) is 21.3 Å². The molecule has 0 bridgehead atoms. The number of hydrogen-bond donors (Lipinski definition) is 3. The van der Waals surface area contributed by atoms with Crippen LogP contribution in [0.4, 0.5) is 11.4 Å². The van der Waals surface area contributed by atoms with Crippen LogP contribution in [-0.4, -0.2) is 11.0 Å². The van der Waals surface area contributed by atoms with Crippen LogP contribution in [0.2, 0.25) is 0 Å². The van der Waals surface area contributed by atoms with Gasteiger partial charge in [-0.05, 0) is 25.3 Å². The Hall–Kier alpha value is -1.91. The average Bonchev–Trinajstić information content (AvgIpc) is 2.56. The van der Waals surface area contributed by atoms with Gasteiger partial charge < -0.3 is 15.5 Å². The van der Waals surface area contributed by atoms with Crippen molar-refractivity contribution in [1.29, 1.82) is 0 Å². The molecule has 2 rings (SSSR count). The Labute approximate surface area is 105 Å². The van der Waals surface area contributed by atoms with Gasteiger partial charge in [-0.3, -0.25) is 4.98 Å². The van der Waals surface area contributed by atoms with Gasteiger partial charge in [-0.25, -0.2) is 4.79 Å². The van der Waals surface area contributed by atoms with Crippen molar-refractivity contribution in [2.45, 2.75) is 33.2 Å². The van der Waals surface area contributed by atoms with E-state index in [2.05, 4.69) is 31.1 Å². The number of anilines is 2. The summed E-state index contributed by atoms with van der Waals surface area (Å²) in [6.07, 6.45) is 1.05. The quantitative estimate of drug-likeness (QED) is 0.727. The highest BCUT2D eigenvalue weighted by molar-refractivity contribution is 5.85. The predicted molar refractivity (Wildman–Crippen MR) is 73.8 cm³/mol. The van der Waals surface area contributed by atoms with Crippen LogP contribution >= 0.6 is 0 Å². The summed E-state index contributed by atoms with van der Waals surface area (Å²) in [5.41, 5.74) is 8.49. The van der Waals surface area contributed by atoms with Crippen molar-refractivity contribution >= 4 is 22.5 Å². The number of hydrogen-bond acceptors (Lipinski definition) is 4. The van der Waals surface area contributed by atoms with Gasteiger partial charge >= 0.3 is 5.76 Å². The van der Waals surface area contributed by atoms with Crippen LogP contribution in [-0.2, 0) is 0 Å². The van der Waals surface area contributed by atoms with E-state index in [9.17, 15) is 4.79 Å². The third-order valence-electron chi connectivity index (χ3n) is 2.82. The third kappa shape index (κ3) is 2.67. The first kappa shape index (κ1) is 12.5. The lowest BCUT2D eigenvalue weighted by Gasteiger charge is -2.18. The lowest BCUT2D eigenvalue weighted by Crippen LogP contribution is -2.18. The number of benzene rings is 1. The standard InChI is InChI=1S/C13H19N3O2/c1-7(2)4-8(3)15-10-6-11-12(5-9(10)14)18-13(17)16-11/h5-8,15H,4,14H2,1-3H3,(H,16,17). The molecule has 1 atom stereocenters. The first-order chi connectivity index (χ1) is 8.45. The Morgan fingerprint density at radius 2 is 2.11 bits per heavy atom. The van der Waals surface area contributed by atoms with Gasteiger partial charge in [0.25, 0.3) is 0 Å². The monoisotopic (exact) mass is 249 g/mol. The van der Waals surface area contributed by atoms with E-state index in [0.29, 0.717) is 28.7 Å². The Bertz CT molecular complexity index is 598. The van der Waals surface area contributed by atoms with Crippen molar-refractivity contribution in [2.24, 2.45) is 5.92 Å². The maximum Gasteiger partial charge on any atom is 0.417 e. The van der Waals surface area contributed by atoms with Gasteiger partial charge in [-0.1, -0.05) is 13.8 Å². The number of aromatic amines is 1. The van der Waals surface area contributed by atoms with Gasteiger partial charge in [0.05, 0.1) is 16.9 Å². The molecule has 18 heavy (non-hydrogen) atoms. The molecule has 0 saturated carbocycles. The molecule has 2 aromatic rings. The molecular weight excluding hydrogens is 230 g/mol. The summed E-state index contributed by atoms with van der Waals surface area (Å²) in [6, 6.07) is 3.80. The number of H-pyrrole nitrogens is 1. The minimum absolute atomic E-state index is 0.323. The highest BCUT2D eigenvalue weighted by Crippen LogP contribution is 2.25. The van der Waals surface area contributed by atoms with Crippen molar-refractivity contribution < 1.29 is 4.42 Å². The average molecular weight is 249 g/mol. The summed E-state index contributed by atoms with van der Waals surface area (Å²) >= 11 is 0. The van der Waals surface area contributed by atoms with Crippen molar-refractivity contribution in [2.75, 3.05) is 11.1 Å². The number of oxazole rings is 1. The van der Waals surface area contributed by atoms with E-state index in [0.717, 1.165) is 12.1 Å². The lowest BCUT2D eigenvalue weighted by atomic mass is 10.0. The smallest absolute Gasteiger partial charge is 0.408 e. The third-order valence-corrected chi connectivity index (χ3v) is 2.82. The molecular formula is C13H19N3O2. The molecule has 0 amide bonds. The minimum atomic E-state index is -0.461. The molecule has 1 aromatic heterocycles. The summed E-state index contributed by atoms with van der Waals surface area (Å²) in [5.74, 6) is 0.156. The zero-order valence-corrected chi connectivity index (χ0v) is 10.9. The van der Waals surface area contributed by atoms with E-state index in [1.165, 1.54) is 0 Å². The molecule has 0 aliphatic rings. The molecule has 0 saturated heterocycles. The summed E-state index contributed by atoms with van der Waals surface area (Å²) in [4.78, 5) is 13.7. The fourth-order valence-electron chi connectivity index (χ4n) is 2.17. The van der Waals surface area contributed by atoms with E-state index in [1.807, 2.05) is 6.07 Å². The number of nitrogens with one attached hydrogen (secondary N) is 2. The van der Waals surface area contributed by atoms with Gasteiger partial charge in [0.15, 0.2) is 5.58 Å². The Balaban J connectivity index is 2.27. The number of nitrogens with two attached hydrogens (primary N) is 1. The number of nitrogen functional groups attached to an aromatic ring is 1. The van der Waals surface area contributed by atoms with Crippen LogP contribution in [0.25, 0.3) is 11.1 Å². The summed E-state index contributed by atoms with van der Waals surface area (Å²) in [6.45, 7) is 6.47. The zero-order valence-electron chi connectivity index (χ0n) is 10.9. The molecule has 1 heterocycles. The minimum Gasteiger partial charge on any atom is -0.408 e. The van der Waals surface area contributed by atoms with E-state index in [-0.39, 0.29) is 0 Å². The number of fused-ring (bicyclic) bond motifs is 1. The zero-order chi connectivity index (χ0) is 13.3. The molecule has 0 fully saturated rings. The van der Waals surface area contributed by atoms with Crippen LogP contribution in [0.5, 0.6) is 0 Å². The van der Waals surface area contributed by atoms with Crippen molar-refractivity contribution in [3.63, 3.8) is 0 Å². The van der Waals surface area contributed by atoms with Crippen molar-refractivity contribution in [1.82, 2.24) is 4.98 Å². The Morgan fingerprint density at radius 3 is 2.78 bits per heavy atom. The van der Waals surface area contributed by atoms with Gasteiger partial charge in [-0.15, -0.1) is 0 Å². The molecule has 4 N–H and O–H groups in total. The largest absolute Gasteiger partial charge is 0.417 e.